The lowest BCUT2D eigenvalue weighted by atomic mass is 9.87. The van der Waals surface area contributed by atoms with E-state index in [0.29, 0.717) is 13.2 Å². The standard InChI is InChI=1S/C20H34O4/c1-3-20(2,14-23-18(21)16-10-6-4-7-11-16)15-24-19(22)17-12-8-5-9-13-17/h16-17H,3-15H2,1-2H3. The highest BCUT2D eigenvalue weighted by molar-refractivity contribution is 5.73. The zero-order valence-electron chi connectivity index (χ0n) is 15.5. The lowest BCUT2D eigenvalue weighted by Gasteiger charge is -2.30. The van der Waals surface area contributed by atoms with Crippen molar-refractivity contribution in [3.8, 4) is 0 Å². The van der Waals surface area contributed by atoms with Crippen molar-refractivity contribution in [2.24, 2.45) is 17.3 Å². The number of carbonyl (C=O) groups excluding carboxylic acids is 2. The fraction of sp³-hybridized carbons (Fsp3) is 0.900. The maximum atomic E-state index is 12.2. The number of hydrogen-bond donors (Lipinski definition) is 0. The first-order valence-electron chi connectivity index (χ1n) is 9.87. The summed E-state index contributed by atoms with van der Waals surface area (Å²) in [5.74, 6) is 0.0234. The van der Waals surface area contributed by atoms with E-state index in [4.69, 9.17) is 9.47 Å². The molecule has 0 saturated heterocycles. The van der Waals surface area contributed by atoms with E-state index in [0.717, 1.165) is 57.8 Å². The monoisotopic (exact) mass is 338 g/mol. The second-order valence-corrected chi connectivity index (χ2v) is 8.05. The van der Waals surface area contributed by atoms with Crippen LogP contribution in [0.1, 0.15) is 84.5 Å². The Morgan fingerprint density at radius 2 is 1.17 bits per heavy atom. The minimum Gasteiger partial charge on any atom is -0.465 e. The van der Waals surface area contributed by atoms with Crippen LogP contribution >= 0.6 is 0 Å². The van der Waals surface area contributed by atoms with Crippen LogP contribution in [0.25, 0.3) is 0 Å². The van der Waals surface area contributed by atoms with E-state index < -0.39 is 0 Å². The third kappa shape index (κ3) is 5.78. The molecule has 0 radical (unpaired) electrons. The number of carbonyl (C=O) groups is 2. The average Bonchev–Trinajstić information content (AvgIpc) is 2.65. The van der Waals surface area contributed by atoms with Gasteiger partial charge in [0, 0.05) is 5.41 Å². The summed E-state index contributed by atoms with van der Waals surface area (Å²) in [5, 5.41) is 0. The molecule has 138 valence electrons. The molecule has 0 aromatic rings. The fourth-order valence-corrected chi connectivity index (χ4v) is 3.65. The fourth-order valence-electron chi connectivity index (χ4n) is 3.65. The van der Waals surface area contributed by atoms with Gasteiger partial charge < -0.3 is 9.47 Å². The summed E-state index contributed by atoms with van der Waals surface area (Å²) < 4.78 is 11.2. The lowest BCUT2D eigenvalue weighted by molar-refractivity contribution is -0.159. The molecule has 0 atom stereocenters. The summed E-state index contributed by atoms with van der Waals surface area (Å²) >= 11 is 0. The summed E-state index contributed by atoms with van der Waals surface area (Å²) in [6, 6.07) is 0. The van der Waals surface area contributed by atoms with E-state index in [9.17, 15) is 9.59 Å². The van der Waals surface area contributed by atoms with E-state index in [2.05, 4.69) is 6.92 Å². The number of ether oxygens (including phenoxy) is 2. The molecule has 2 aliphatic carbocycles. The Labute approximate surface area is 146 Å². The van der Waals surface area contributed by atoms with Crippen molar-refractivity contribution in [2.75, 3.05) is 13.2 Å². The molecule has 2 aliphatic rings. The number of esters is 2. The molecular formula is C20H34O4. The van der Waals surface area contributed by atoms with Gasteiger partial charge in [0.2, 0.25) is 0 Å². The van der Waals surface area contributed by atoms with Gasteiger partial charge in [-0.05, 0) is 32.1 Å². The second kappa shape index (κ2) is 9.43. The summed E-state index contributed by atoms with van der Waals surface area (Å²) in [6.07, 6.45) is 11.6. The van der Waals surface area contributed by atoms with Crippen molar-refractivity contribution in [3.05, 3.63) is 0 Å². The molecule has 0 bridgehead atoms. The highest BCUT2D eigenvalue weighted by Gasteiger charge is 2.31. The number of rotatable bonds is 7. The van der Waals surface area contributed by atoms with Crippen LogP contribution in [0.3, 0.4) is 0 Å². The summed E-state index contributed by atoms with van der Waals surface area (Å²) in [6.45, 7) is 4.78. The molecule has 2 saturated carbocycles. The third-order valence-electron chi connectivity index (χ3n) is 5.86. The second-order valence-electron chi connectivity index (χ2n) is 8.05. The maximum Gasteiger partial charge on any atom is 0.308 e. The normalized spacial score (nSPS) is 20.6. The molecule has 0 aliphatic heterocycles. The predicted molar refractivity (Wildman–Crippen MR) is 93.5 cm³/mol. The first-order valence-corrected chi connectivity index (χ1v) is 9.87. The molecule has 0 N–H and O–H groups in total. The van der Waals surface area contributed by atoms with Gasteiger partial charge in [0.15, 0.2) is 0 Å². The molecule has 0 unspecified atom stereocenters. The molecule has 0 spiro atoms. The molecule has 4 heteroatoms. The van der Waals surface area contributed by atoms with Gasteiger partial charge >= 0.3 is 11.9 Å². The van der Waals surface area contributed by atoms with Crippen molar-refractivity contribution < 1.29 is 19.1 Å². The molecular weight excluding hydrogens is 304 g/mol. The van der Waals surface area contributed by atoms with E-state index in [-0.39, 0.29) is 29.2 Å². The predicted octanol–water partition coefficient (Wildman–Crippen LogP) is 4.65. The van der Waals surface area contributed by atoms with Crippen molar-refractivity contribution in [1.82, 2.24) is 0 Å². The summed E-state index contributed by atoms with van der Waals surface area (Å²) in [7, 11) is 0. The maximum absolute atomic E-state index is 12.2. The SMILES string of the molecule is CCC(C)(COC(=O)C1CCCCC1)COC(=O)C1CCCCC1. The Hall–Kier alpha value is -1.06. The zero-order valence-corrected chi connectivity index (χ0v) is 15.5. The topological polar surface area (TPSA) is 52.6 Å². The van der Waals surface area contributed by atoms with Crippen LogP contribution in [0.5, 0.6) is 0 Å². The van der Waals surface area contributed by atoms with E-state index >= 15 is 0 Å². The van der Waals surface area contributed by atoms with Gasteiger partial charge in [0.05, 0.1) is 25.0 Å². The molecule has 0 heterocycles. The minimum absolute atomic E-state index is 0.0621. The average molecular weight is 338 g/mol. The van der Waals surface area contributed by atoms with Gasteiger partial charge in [-0.1, -0.05) is 52.4 Å². The molecule has 0 aromatic heterocycles. The van der Waals surface area contributed by atoms with E-state index in [1.54, 1.807) is 0 Å². The first kappa shape index (κ1) is 19.3. The zero-order chi connectivity index (χ0) is 17.4. The van der Waals surface area contributed by atoms with Crippen LogP contribution in [-0.2, 0) is 19.1 Å². The number of hydrogen-bond acceptors (Lipinski definition) is 4. The van der Waals surface area contributed by atoms with Crippen LogP contribution in [0.4, 0.5) is 0 Å². The summed E-state index contributed by atoms with van der Waals surface area (Å²) in [4.78, 5) is 24.4. The van der Waals surface area contributed by atoms with Gasteiger partial charge in [-0.15, -0.1) is 0 Å². The molecule has 24 heavy (non-hydrogen) atoms. The van der Waals surface area contributed by atoms with Crippen molar-refractivity contribution in [1.29, 1.82) is 0 Å². The molecule has 2 fully saturated rings. The largest absolute Gasteiger partial charge is 0.465 e. The highest BCUT2D eigenvalue weighted by Crippen LogP contribution is 2.29. The van der Waals surface area contributed by atoms with Crippen LogP contribution < -0.4 is 0 Å². The Bertz CT molecular complexity index is 372. The smallest absolute Gasteiger partial charge is 0.308 e. The van der Waals surface area contributed by atoms with E-state index in [1.165, 1.54) is 12.8 Å². The highest BCUT2D eigenvalue weighted by atomic mass is 16.5. The van der Waals surface area contributed by atoms with Gasteiger partial charge in [0.25, 0.3) is 0 Å². The lowest BCUT2D eigenvalue weighted by Crippen LogP contribution is -2.34. The molecule has 0 amide bonds. The van der Waals surface area contributed by atoms with Gasteiger partial charge in [-0.3, -0.25) is 9.59 Å². The van der Waals surface area contributed by atoms with Gasteiger partial charge in [0.1, 0.15) is 0 Å². The Balaban J connectivity index is 1.75. The molecule has 2 rings (SSSR count). The third-order valence-corrected chi connectivity index (χ3v) is 5.86. The van der Waals surface area contributed by atoms with E-state index in [1.807, 2.05) is 6.92 Å². The Morgan fingerprint density at radius 3 is 1.50 bits per heavy atom. The van der Waals surface area contributed by atoms with Gasteiger partial charge in [-0.25, -0.2) is 0 Å². The molecule has 4 nitrogen and oxygen atoms in total. The van der Waals surface area contributed by atoms with Gasteiger partial charge in [-0.2, -0.15) is 0 Å². The van der Waals surface area contributed by atoms with Crippen molar-refractivity contribution >= 4 is 11.9 Å². The molecule has 0 aromatic carbocycles. The van der Waals surface area contributed by atoms with Crippen LogP contribution in [0.15, 0.2) is 0 Å². The van der Waals surface area contributed by atoms with Crippen molar-refractivity contribution in [2.45, 2.75) is 84.5 Å². The summed E-state index contributed by atoms with van der Waals surface area (Å²) in [5.41, 5.74) is -0.283. The first-order chi connectivity index (χ1) is 11.5. The minimum atomic E-state index is -0.283. The Kier molecular flexibility index (Phi) is 7.57. The Morgan fingerprint density at radius 1 is 0.792 bits per heavy atom. The van der Waals surface area contributed by atoms with Crippen LogP contribution in [-0.4, -0.2) is 25.2 Å². The van der Waals surface area contributed by atoms with Crippen molar-refractivity contribution in [3.63, 3.8) is 0 Å². The van der Waals surface area contributed by atoms with Crippen LogP contribution in [0, 0.1) is 17.3 Å². The quantitative estimate of drug-likeness (QED) is 0.634. The van der Waals surface area contributed by atoms with Crippen LogP contribution in [0.2, 0.25) is 0 Å².